The van der Waals surface area contributed by atoms with Crippen LogP contribution >= 0.6 is 11.6 Å². The highest BCUT2D eigenvalue weighted by Crippen LogP contribution is 2.25. The number of hydrogen-bond donors (Lipinski definition) is 1. The molecule has 2 aromatic rings. The first-order valence-electron chi connectivity index (χ1n) is 7.79. The molecule has 0 spiro atoms. The first kappa shape index (κ1) is 17.5. The summed E-state index contributed by atoms with van der Waals surface area (Å²) in [5, 5.41) is 3.75. The summed E-state index contributed by atoms with van der Waals surface area (Å²) in [4.78, 5) is 14.2. The molecule has 23 heavy (non-hydrogen) atoms. The molecule has 0 saturated heterocycles. The van der Waals surface area contributed by atoms with Crippen LogP contribution in [0.2, 0.25) is 5.02 Å². The van der Waals surface area contributed by atoms with Crippen molar-refractivity contribution in [2.75, 3.05) is 20.6 Å². The topological polar surface area (TPSA) is 32.3 Å². The third-order valence-electron chi connectivity index (χ3n) is 3.86. The molecular formula is C19H23ClN2O. The predicted octanol–water partition coefficient (Wildman–Crippen LogP) is 3.69. The van der Waals surface area contributed by atoms with Gasteiger partial charge in [0.2, 0.25) is 5.91 Å². The van der Waals surface area contributed by atoms with Gasteiger partial charge in [0.25, 0.3) is 0 Å². The van der Waals surface area contributed by atoms with Gasteiger partial charge in [-0.2, -0.15) is 0 Å². The van der Waals surface area contributed by atoms with Crippen molar-refractivity contribution < 1.29 is 4.79 Å². The SMILES string of the molecule is CN(C)C(CNC(=O)CCc1ccccc1)c1ccccc1Cl. The summed E-state index contributed by atoms with van der Waals surface area (Å²) >= 11 is 6.28. The zero-order chi connectivity index (χ0) is 16.7. The van der Waals surface area contributed by atoms with Crippen LogP contribution in [-0.4, -0.2) is 31.4 Å². The highest BCUT2D eigenvalue weighted by molar-refractivity contribution is 6.31. The van der Waals surface area contributed by atoms with E-state index in [1.807, 2.05) is 68.7 Å². The molecule has 122 valence electrons. The minimum Gasteiger partial charge on any atom is -0.354 e. The second-order valence-corrected chi connectivity index (χ2v) is 6.20. The van der Waals surface area contributed by atoms with Crippen molar-refractivity contribution in [1.82, 2.24) is 10.2 Å². The van der Waals surface area contributed by atoms with Crippen LogP contribution in [0.15, 0.2) is 54.6 Å². The van der Waals surface area contributed by atoms with E-state index in [0.29, 0.717) is 13.0 Å². The molecule has 0 fully saturated rings. The largest absolute Gasteiger partial charge is 0.354 e. The van der Waals surface area contributed by atoms with Crippen LogP contribution in [0.5, 0.6) is 0 Å². The zero-order valence-corrected chi connectivity index (χ0v) is 14.4. The van der Waals surface area contributed by atoms with Gasteiger partial charge in [0.05, 0.1) is 6.04 Å². The van der Waals surface area contributed by atoms with Gasteiger partial charge < -0.3 is 10.2 Å². The maximum atomic E-state index is 12.1. The number of benzene rings is 2. The molecule has 4 heteroatoms. The highest BCUT2D eigenvalue weighted by atomic mass is 35.5. The van der Waals surface area contributed by atoms with Gasteiger partial charge in [0.1, 0.15) is 0 Å². The molecule has 0 aliphatic heterocycles. The molecule has 1 N–H and O–H groups in total. The van der Waals surface area contributed by atoms with Gasteiger partial charge in [-0.25, -0.2) is 0 Å². The van der Waals surface area contributed by atoms with Crippen LogP contribution in [0.1, 0.15) is 23.6 Å². The van der Waals surface area contributed by atoms with E-state index in [1.54, 1.807) is 0 Å². The summed E-state index contributed by atoms with van der Waals surface area (Å²) in [7, 11) is 3.98. The predicted molar refractivity (Wildman–Crippen MR) is 95.7 cm³/mol. The van der Waals surface area contributed by atoms with Crippen LogP contribution in [0.3, 0.4) is 0 Å². The van der Waals surface area contributed by atoms with Crippen LogP contribution in [0.25, 0.3) is 0 Å². The van der Waals surface area contributed by atoms with E-state index >= 15 is 0 Å². The number of carbonyl (C=O) groups is 1. The third kappa shape index (κ3) is 5.38. The number of rotatable bonds is 7. The number of amides is 1. The second kappa shape index (κ2) is 8.70. The lowest BCUT2D eigenvalue weighted by atomic mass is 10.1. The molecule has 0 radical (unpaired) electrons. The van der Waals surface area contributed by atoms with Crippen LogP contribution in [0.4, 0.5) is 0 Å². The van der Waals surface area contributed by atoms with Gasteiger partial charge >= 0.3 is 0 Å². The molecule has 3 nitrogen and oxygen atoms in total. The lowest BCUT2D eigenvalue weighted by molar-refractivity contribution is -0.121. The van der Waals surface area contributed by atoms with Crippen LogP contribution in [-0.2, 0) is 11.2 Å². The number of likely N-dealkylation sites (N-methyl/N-ethyl adjacent to an activating group) is 1. The summed E-state index contributed by atoms with van der Waals surface area (Å²) in [6.07, 6.45) is 1.25. The average Bonchev–Trinajstić information content (AvgIpc) is 2.55. The molecular weight excluding hydrogens is 308 g/mol. The van der Waals surface area contributed by atoms with Gasteiger partial charge in [0.15, 0.2) is 0 Å². The van der Waals surface area contributed by atoms with Crippen molar-refractivity contribution in [3.8, 4) is 0 Å². The molecule has 0 aliphatic rings. The fraction of sp³-hybridized carbons (Fsp3) is 0.316. The molecule has 0 aliphatic carbocycles. The molecule has 2 rings (SSSR count). The van der Waals surface area contributed by atoms with Crippen molar-refractivity contribution in [2.45, 2.75) is 18.9 Å². The summed E-state index contributed by atoms with van der Waals surface area (Å²) in [6, 6.07) is 17.9. The van der Waals surface area contributed by atoms with E-state index in [9.17, 15) is 4.79 Å². The lowest BCUT2D eigenvalue weighted by Crippen LogP contribution is -2.34. The molecule has 0 heterocycles. The number of nitrogens with zero attached hydrogens (tertiary/aromatic N) is 1. The Labute approximate surface area is 143 Å². The van der Waals surface area contributed by atoms with Gasteiger partial charge in [-0.15, -0.1) is 0 Å². The van der Waals surface area contributed by atoms with Gasteiger partial charge in [0, 0.05) is 18.0 Å². The Hall–Kier alpha value is -1.84. The van der Waals surface area contributed by atoms with E-state index < -0.39 is 0 Å². The standard InChI is InChI=1S/C19H23ClN2O/c1-22(2)18(16-10-6-7-11-17(16)20)14-21-19(23)13-12-15-8-4-3-5-9-15/h3-11,18H,12-14H2,1-2H3,(H,21,23). The normalized spacial score (nSPS) is 12.2. The van der Waals surface area contributed by atoms with Crippen molar-refractivity contribution in [1.29, 1.82) is 0 Å². The minimum atomic E-state index is 0.0596. The maximum Gasteiger partial charge on any atom is 0.220 e. The fourth-order valence-electron chi connectivity index (χ4n) is 2.52. The van der Waals surface area contributed by atoms with Gasteiger partial charge in [-0.3, -0.25) is 4.79 Å². The molecule has 1 unspecified atom stereocenters. The number of hydrogen-bond acceptors (Lipinski definition) is 2. The maximum absolute atomic E-state index is 12.1. The molecule has 0 bridgehead atoms. The average molecular weight is 331 g/mol. The van der Waals surface area contributed by atoms with Crippen molar-refractivity contribution >= 4 is 17.5 Å². The second-order valence-electron chi connectivity index (χ2n) is 5.79. The molecule has 2 aromatic carbocycles. The molecule has 0 aromatic heterocycles. The Morgan fingerprint density at radius 3 is 2.39 bits per heavy atom. The first-order chi connectivity index (χ1) is 11.1. The first-order valence-corrected chi connectivity index (χ1v) is 8.17. The Morgan fingerprint density at radius 2 is 1.74 bits per heavy atom. The van der Waals surface area contributed by atoms with E-state index in [0.717, 1.165) is 17.0 Å². The van der Waals surface area contributed by atoms with E-state index in [2.05, 4.69) is 10.2 Å². The summed E-state index contributed by atoms with van der Waals surface area (Å²) in [6.45, 7) is 0.546. The molecule has 1 atom stereocenters. The quantitative estimate of drug-likeness (QED) is 0.839. The van der Waals surface area contributed by atoms with Crippen LogP contribution in [0, 0.1) is 0 Å². The summed E-state index contributed by atoms with van der Waals surface area (Å²) in [5.74, 6) is 0.0627. The zero-order valence-electron chi connectivity index (χ0n) is 13.6. The van der Waals surface area contributed by atoms with Gasteiger partial charge in [-0.1, -0.05) is 60.1 Å². The monoisotopic (exact) mass is 330 g/mol. The summed E-state index contributed by atoms with van der Waals surface area (Å²) in [5.41, 5.74) is 2.21. The smallest absolute Gasteiger partial charge is 0.220 e. The van der Waals surface area contributed by atoms with E-state index in [-0.39, 0.29) is 11.9 Å². The lowest BCUT2D eigenvalue weighted by Gasteiger charge is -2.26. The van der Waals surface area contributed by atoms with Gasteiger partial charge in [-0.05, 0) is 37.7 Å². The Kier molecular flexibility index (Phi) is 6.63. The van der Waals surface area contributed by atoms with Crippen molar-refractivity contribution in [2.24, 2.45) is 0 Å². The Balaban J connectivity index is 1.89. The molecule has 0 saturated carbocycles. The van der Waals surface area contributed by atoms with Crippen molar-refractivity contribution in [3.63, 3.8) is 0 Å². The fourth-order valence-corrected chi connectivity index (χ4v) is 2.78. The number of aryl methyl sites for hydroxylation is 1. The van der Waals surface area contributed by atoms with Crippen LogP contribution < -0.4 is 5.32 Å². The Morgan fingerprint density at radius 1 is 1.09 bits per heavy atom. The van der Waals surface area contributed by atoms with Crippen molar-refractivity contribution in [3.05, 3.63) is 70.7 Å². The summed E-state index contributed by atoms with van der Waals surface area (Å²) < 4.78 is 0. The minimum absolute atomic E-state index is 0.0596. The number of nitrogens with one attached hydrogen (secondary N) is 1. The number of carbonyl (C=O) groups excluding carboxylic acids is 1. The number of halogens is 1. The molecule has 1 amide bonds. The van der Waals surface area contributed by atoms with E-state index in [1.165, 1.54) is 5.56 Å². The Bertz CT molecular complexity index is 628. The highest BCUT2D eigenvalue weighted by Gasteiger charge is 2.17. The third-order valence-corrected chi connectivity index (χ3v) is 4.21. The van der Waals surface area contributed by atoms with E-state index in [4.69, 9.17) is 11.6 Å².